The second-order valence-electron chi connectivity index (χ2n) is 1.01. The summed E-state index contributed by atoms with van der Waals surface area (Å²) in [5, 5.41) is 7.38. The van der Waals surface area contributed by atoms with Crippen molar-refractivity contribution in [3.05, 3.63) is 0 Å². The van der Waals surface area contributed by atoms with E-state index in [1.807, 2.05) is 0 Å². The van der Waals surface area contributed by atoms with Crippen LogP contribution in [0, 0.1) is 0 Å². The highest BCUT2D eigenvalue weighted by atomic mass is 32.1. The summed E-state index contributed by atoms with van der Waals surface area (Å²) >= 11 is 3.59. The van der Waals surface area contributed by atoms with Crippen molar-refractivity contribution in [2.45, 2.75) is 12.2 Å². The van der Waals surface area contributed by atoms with Crippen LogP contribution in [0.3, 0.4) is 0 Å². The number of hydrogen-bond donors (Lipinski definition) is 2. The van der Waals surface area contributed by atoms with E-state index >= 15 is 0 Å². The minimum atomic E-state index is -0.877. The van der Waals surface area contributed by atoms with Gasteiger partial charge < -0.3 is 5.11 Å². The first-order chi connectivity index (χ1) is 2.64. The van der Waals surface area contributed by atoms with Gasteiger partial charge in [-0.25, -0.2) is 0 Å². The van der Waals surface area contributed by atoms with E-state index in [0.29, 0.717) is 0 Å². The predicted octanol–water partition coefficient (Wildman–Crippen LogP) is 0.502. The first-order valence-electron chi connectivity index (χ1n) is 1.55. The van der Waals surface area contributed by atoms with Gasteiger partial charge in [-0.1, -0.05) is 0 Å². The maximum absolute atomic E-state index is 9.62. The molecule has 1 atom stereocenters. The molecule has 0 heterocycles. The summed E-state index contributed by atoms with van der Waals surface area (Å²) in [5.74, 6) is -0.877. The van der Waals surface area contributed by atoms with Gasteiger partial charge in [-0.15, -0.1) is 0 Å². The minimum Gasteiger partial charge on any atom is -0.480 e. The Morgan fingerprint density at radius 1 is 1.86 bits per heavy atom. The van der Waals surface area contributed by atoms with Crippen LogP contribution in [0.5, 0.6) is 0 Å². The molecule has 0 saturated carbocycles. The molecule has 0 aliphatic heterocycles. The lowest BCUT2D eigenvalue weighted by molar-refractivity contribution is -0.136. The van der Waals surface area contributed by atoms with Gasteiger partial charge >= 0.3 is 5.97 Å². The smallest absolute Gasteiger partial charge is 0.316 e. The number of rotatable bonds is 1. The quantitative estimate of drug-likeness (QED) is 0.520. The third-order valence-corrected chi connectivity index (χ3v) is 0.578. The van der Waals surface area contributed by atoms with Crippen LogP contribution in [0.2, 0.25) is 0 Å². The molecule has 44 valence electrons. The third-order valence-electron chi connectivity index (χ3n) is 0.357. The van der Waals surface area contributed by atoms with Crippen molar-refractivity contribution >= 4 is 32.1 Å². The molecule has 0 spiro atoms. The zero-order valence-corrected chi connectivity index (χ0v) is 5.77. The van der Waals surface area contributed by atoms with E-state index in [1.54, 1.807) is 0 Å². The van der Waals surface area contributed by atoms with Gasteiger partial charge in [0.05, 0.1) is 5.25 Å². The number of carboxylic acid groups (broad SMARTS) is 1. The maximum atomic E-state index is 9.62. The Bertz CT molecular complexity index is 62.0. The monoisotopic (exact) mass is 140 g/mol. The standard InChI is InChI=1S/C3H6O2S.H2S/c1-2(6)3(4)5;/h2,6H,1H3,(H,4,5);1H2. The lowest BCUT2D eigenvalue weighted by Crippen LogP contribution is -2.06. The molecular weight excluding hydrogens is 132 g/mol. The van der Waals surface area contributed by atoms with E-state index in [2.05, 4.69) is 12.6 Å². The molecule has 0 aliphatic carbocycles. The van der Waals surface area contributed by atoms with Gasteiger partial charge in [-0.05, 0) is 6.92 Å². The summed E-state index contributed by atoms with van der Waals surface area (Å²) in [6.07, 6.45) is 0. The van der Waals surface area contributed by atoms with Crippen LogP contribution >= 0.6 is 26.1 Å². The lowest BCUT2D eigenvalue weighted by atomic mass is 10.5. The molecule has 0 aliphatic rings. The topological polar surface area (TPSA) is 37.3 Å². The number of carbonyl (C=O) groups is 1. The number of thiol groups is 1. The first kappa shape index (κ1) is 10.2. The summed E-state index contributed by atoms with van der Waals surface area (Å²) in [6.45, 7) is 1.51. The van der Waals surface area contributed by atoms with Crippen molar-refractivity contribution in [1.82, 2.24) is 0 Å². The van der Waals surface area contributed by atoms with Crippen LogP contribution in [0.25, 0.3) is 0 Å². The fourth-order valence-corrected chi connectivity index (χ4v) is 0. The normalized spacial score (nSPS) is 11.7. The fourth-order valence-electron chi connectivity index (χ4n) is 0. The van der Waals surface area contributed by atoms with Crippen LogP contribution in [-0.2, 0) is 4.79 Å². The van der Waals surface area contributed by atoms with E-state index in [0.717, 1.165) is 0 Å². The molecule has 1 unspecified atom stereocenters. The molecule has 0 aromatic carbocycles. The van der Waals surface area contributed by atoms with Crippen molar-refractivity contribution in [3.8, 4) is 0 Å². The van der Waals surface area contributed by atoms with Crippen LogP contribution in [0.15, 0.2) is 0 Å². The van der Waals surface area contributed by atoms with E-state index in [4.69, 9.17) is 5.11 Å². The predicted molar refractivity (Wildman–Crippen MR) is 36.5 cm³/mol. The van der Waals surface area contributed by atoms with E-state index < -0.39 is 11.2 Å². The van der Waals surface area contributed by atoms with Crippen molar-refractivity contribution in [2.24, 2.45) is 0 Å². The summed E-state index contributed by atoms with van der Waals surface area (Å²) < 4.78 is 0. The maximum Gasteiger partial charge on any atom is 0.316 e. The third kappa shape index (κ3) is 6.17. The molecule has 0 saturated heterocycles. The summed E-state index contributed by atoms with van der Waals surface area (Å²) in [5.41, 5.74) is 0. The number of aliphatic carboxylic acids is 1. The van der Waals surface area contributed by atoms with Crippen molar-refractivity contribution in [1.29, 1.82) is 0 Å². The highest BCUT2D eigenvalue weighted by molar-refractivity contribution is 7.81. The molecule has 2 nitrogen and oxygen atoms in total. The molecule has 0 amide bonds. The number of carboxylic acids is 1. The zero-order chi connectivity index (χ0) is 5.15. The van der Waals surface area contributed by atoms with Gasteiger partial charge in [0.25, 0.3) is 0 Å². The summed E-state index contributed by atoms with van der Waals surface area (Å²) in [4.78, 5) is 9.62. The molecule has 1 N–H and O–H groups in total. The van der Waals surface area contributed by atoms with Gasteiger partial charge in [-0.3, -0.25) is 4.79 Å². The van der Waals surface area contributed by atoms with Crippen LogP contribution in [0.4, 0.5) is 0 Å². The average Bonchev–Trinajstić information content (AvgIpc) is 1.36. The molecule has 0 fully saturated rings. The second-order valence-corrected chi connectivity index (χ2v) is 1.79. The molecule has 0 rings (SSSR count). The zero-order valence-electron chi connectivity index (χ0n) is 3.88. The molecule has 0 aromatic rings. The van der Waals surface area contributed by atoms with Gasteiger partial charge in [0.15, 0.2) is 0 Å². The first-order valence-corrected chi connectivity index (χ1v) is 2.07. The van der Waals surface area contributed by atoms with Crippen molar-refractivity contribution < 1.29 is 9.90 Å². The molecule has 0 aromatic heterocycles. The lowest BCUT2D eigenvalue weighted by Gasteiger charge is -1.88. The Labute approximate surface area is 54.8 Å². The summed E-state index contributed by atoms with van der Waals surface area (Å²) in [7, 11) is 0. The van der Waals surface area contributed by atoms with Crippen LogP contribution < -0.4 is 0 Å². The van der Waals surface area contributed by atoms with Gasteiger partial charge in [0.1, 0.15) is 0 Å². The second kappa shape index (κ2) is 4.33. The summed E-state index contributed by atoms with van der Waals surface area (Å²) in [6, 6.07) is 0. The minimum absolute atomic E-state index is 0. The van der Waals surface area contributed by atoms with Gasteiger partial charge in [0.2, 0.25) is 0 Å². The Kier molecular flexibility index (Phi) is 6.32. The fraction of sp³-hybridized carbons (Fsp3) is 0.667. The molecular formula is C3H8O2S2. The van der Waals surface area contributed by atoms with E-state index in [1.165, 1.54) is 6.92 Å². The highest BCUT2D eigenvalue weighted by Gasteiger charge is 2.00. The van der Waals surface area contributed by atoms with Crippen molar-refractivity contribution in [2.75, 3.05) is 0 Å². The number of hydrogen-bond acceptors (Lipinski definition) is 2. The van der Waals surface area contributed by atoms with Crippen LogP contribution in [-0.4, -0.2) is 16.3 Å². The van der Waals surface area contributed by atoms with Gasteiger partial charge in [-0.2, -0.15) is 26.1 Å². The molecule has 0 bridgehead atoms. The Hall–Kier alpha value is 0.170. The van der Waals surface area contributed by atoms with Crippen molar-refractivity contribution in [3.63, 3.8) is 0 Å². The Morgan fingerprint density at radius 2 is 2.00 bits per heavy atom. The van der Waals surface area contributed by atoms with Gasteiger partial charge in [0, 0.05) is 0 Å². The van der Waals surface area contributed by atoms with Crippen LogP contribution in [0.1, 0.15) is 6.92 Å². The highest BCUT2D eigenvalue weighted by Crippen LogP contribution is 1.88. The van der Waals surface area contributed by atoms with E-state index in [-0.39, 0.29) is 13.5 Å². The molecule has 4 heteroatoms. The Morgan fingerprint density at radius 3 is 2.00 bits per heavy atom. The Balaban J connectivity index is 0. The largest absolute Gasteiger partial charge is 0.480 e. The molecule has 0 radical (unpaired) electrons. The SMILES string of the molecule is CC(S)C(=O)O.S. The van der Waals surface area contributed by atoms with E-state index in [9.17, 15) is 4.79 Å². The average molecular weight is 140 g/mol. The molecule has 7 heavy (non-hydrogen) atoms.